The lowest BCUT2D eigenvalue weighted by Crippen LogP contribution is -2.45. The quantitative estimate of drug-likeness (QED) is 0.0423. The molecule has 0 aromatic rings. The average Bonchev–Trinajstić information content (AvgIpc) is 3.26. The number of amides is 1. The number of allylic oxidation sites excluding steroid dienone is 19. The summed E-state index contributed by atoms with van der Waals surface area (Å²) in [4.78, 5) is 12.4. The maximum atomic E-state index is 12.4. The van der Waals surface area contributed by atoms with E-state index in [2.05, 4.69) is 129 Å². The van der Waals surface area contributed by atoms with Crippen molar-refractivity contribution in [1.29, 1.82) is 0 Å². The van der Waals surface area contributed by atoms with Gasteiger partial charge in [-0.25, -0.2) is 0 Å². The van der Waals surface area contributed by atoms with Gasteiger partial charge in [0.15, 0.2) is 0 Å². The molecule has 4 nitrogen and oxygen atoms in total. The molecular weight excluding hydrogens is 747 g/mol. The van der Waals surface area contributed by atoms with Crippen LogP contribution in [0.1, 0.15) is 213 Å². The summed E-state index contributed by atoms with van der Waals surface area (Å²) in [5.74, 6) is -0.0854. The average molecular weight is 842 g/mol. The molecule has 4 heteroatoms. The largest absolute Gasteiger partial charge is 0.394 e. The summed E-state index contributed by atoms with van der Waals surface area (Å²) >= 11 is 0. The van der Waals surface area contributed by atoms with Gasteiger partial charge in [-0.1, -0.05) is 225 Å². The van der Waals surface area contributed by atoms with Gasteiger partial charge in [-0.3, -0.25) is 4.79 Å². The molecule has 0 aromatic carbocycles. The van der Waals surface area contributed by atoms with Crippen LogP contribution in [0.25, 0.3) is 0 Å². The van der Waals surface area contributed by atoms with E-state index in [4.69, 9.17) is 0 Å². The van der Waals surface area contributed by atoms with Crippen LogP contribution in [0.2, 0.25) is 0 Å². The topological polar surface area (TPSA) is 69.6 Å². The van der Waals surface area contributed by atoms with Gasteiger partial charge >= 0.3 is 0 Å². The monoisotopic (exact) mass is 842 g/mol. The molecule has 0 spiro atoms. The molecule has 2 unspecified atom stereocenters. The Kier molecular flexibility index (Phi) is 48.5. The third-order valence-corrected chi connectivity index (χ3v) is 10.7. The summed E-state index contributed by atoms with van der Waals surface area (Å²) in [6.45, 7) is 4.14. The first-order chi connectivity index (χ1) is 30.2. The van der Waals surface area contributed by atoms with Crippen molar-refractivity contribution in [3.8, 4) is 0 Å². The molecule has 0 saturated carbocycles. The van der Waals surface area contributed by atoms with Crippen LogP contribution in [0.4, 0.5) is 0 Å². The fourth-order valence-corrected chi connectivity index (χ4v) is 6.84. The molecule has 2 atom stereocenters. The van der Waals surface area contributed by atoms with E-state index >= 15 is 0 Å². The molecule has 0 rings (SSSR count). The van der Waals surface area contributed by atoms with Crippen LogP contribution >= 0.6 is 0 Å². The third kappa shape index (κ3) is 47.7. The number of aliphatic hydroxyl groups is 2. The van der Waals surface area contributed by atoms with Crippen molar-refractivity contribution in [2.24, 2.45) is 0 Å². The zero-order chi connectivity index (χ0) is 44.2. The minimum atomic E-state index is -0.876. The number of nitrogens with one attached hydrogen (secondary N) is 1. The van der Waals surface area contributed by atoms with E-state index < -0.39 is 12.1 Å². The molecule has 0 aliphatic rings. The molecule has 0 aromatic heterocycles. The van der Waals surface area contributed by atoms with Crippen LogP contribution in [-0.2, 0) is 4.79 Å². The lowest BCUT2D eigenvalue weighted by Gasteiger charge is -2.19. The Hall–Kier alpha value is -3.21. The first-order valence-corrected chi connectivity index (χ1v) is 25.2. The van der Waals surface area contributed by atoms with Crippen LogP contribution in [-0.4, -0.2) is 34.9 Å². The first kappa shape index (κ1) is 57.8. The van der Waals surface area contributed by atoms with E-state index in [0.29, 0.717) is 6.42 Å². The van der Waals surface area contributed by atoms with Gasteiger partial charge in [0.1, 0.15) is 0 Å². The lowest BCUT2D eigenvalue weighted by molar-refractivity contribution is -0.123. The highest BCUT2D eigenvalue weighted by atomic mass is 16.3. The van der Waals surface area contributed by atoms with E-state index in [-0.39, 0.29) is 12.5 Å². The summed E-state index contributed by atoms with van der Waals surface area (Å²) in [5.41, 5.74) is 0. The molecule has 3 N–H and O–H groups in total. The standard InChI is InChI=1S/C57H95NO3/c1-3-5-7-9-11-13-15-17-19-20-21-22-23-24-25-26-27-28-29-30-31-32-33-34-35-36-37-38-39-41-43-45-47-49-51-53-57(61)58-55(54-59)56(60)52-50-48-46-44-42-40-18-16-14-12-10-8-6-4-2/h5,7,11,13-14,16-17,19,21-22,24-25,27-28,30-31,42,44,50,52,55-56,59-60H,3-4,6,8-10,12,15,18,20,23,26,29,32-41,43,45-49,51,53-54H2,1-2H3,(H,58,61)/b7-5-,13-11-,16-14+,19-17-,22-21-,25-24-,28-27-,31-30-,44-42+,52-50+. The maximum absolute atomic E-state index is 12.4. The summed E-state index contributed by atoms with van der Waals surface area (Å²) in [7, 11) is 0. The number of carbonyl (C=O) groups excluding carboxylic acids is 1. The van der Waals surface area contributed by atoms with E-state index in [1.165, 1.54) is 109 Å². The van der Waals surface area contributed by atoms with Crippen LogP contribution < -0.4 is 5.32 Å². The molecule has 61 heavy (non-hydrogen) atoms. The highest BCUT2D eigenvalue weighted by molar-refractivity contribution is 5.76. The molecule has 0 aliphatic heterocycles. The normalized spacial score (nSPS) is 14.0. The van der Waals surface area contributed by atoms with E-state index in [1.807, 2.05) is 6.08 Å². The number of rotatable bonds is 44. The minimum absolute atomic E-state index is 0.0854. The van der Waals surface area contributed by atoms with Gasteiger partial charge in [0, 0.05) is 6.42 Å². The predicted molar refractivity (Wildman–Crippen MR) is 271 cm³/mol. The fourth-order valence-electron chi connectivity index (χ4n) is 6.84. The zero-order valence-corrected chi connectivity index (χ0v) is 39.6. The summed E-state index contributed by atoms with van der Waals surface area (Å²) in [5, 5.41) is 23.0. The van der Waals surface area contributed by atoms with Crippen molar-refractivity contribution in [2.75, 3.05) is 6.61 Å². The van der Waals surface area contributed by atoms with Crippen LogP contribution in [0.15, 0.2) is 122 Å². The van der Waals surface area contributed by atoms with Gasteiger partial charge in [0.25, 0.3) is 0 Å². The van der Waals surface area contributed by atoms with E-state index in [9.17, 15) is 15.0 Å². The molecule has 1 amide bonds. The lowest BCUT2D eigenvalue weighted by atomic mass is 10.0. The number of aliphatic hydroxyl groups excluding tert-OH is 2. The maximum Gasteiger partial charge on any atom is 0.220 e. The first-order valence-electron chi connectivity index (χ1n) is 25.2. The van der Waals surface area contributed by atoms with Gasteiger partial charge in [-0.2, -0.15) is 0 Å². The predicted octanol–water partition coefficient (Wildman–Crippen LogP) is 16.5. The highest BCUT2D eigenvalue weighted by Gasteiger charge is 2.17. The van der Waals surface area contributed by atoms with Gasteiger partial charge in [-0.05, 0) is 103 Å². The van der Waals surface area contributed by atoms with Gasteiger partial charge < -0.3 is 15.5 Å². The zero-order valence-electron chi connectivity index (χ0n) is 39.6. The van der Waals surface area contributed by atoms with Crippen LogP contribution in [0, 0.1) is 0 Å². The Bertz CT molecular complexity index is 1230. The fraction of sp³-hybridized carbons (Fsp3) is 0.632. The van der Waals surface area contributed by atoms with Crippen molar-refractivity contribution in [2.45, 2.75) is 225 Å². The summed E-state index contributed by atoms with van der Waals surface area (Å²) < 4.78 is 0. The number of carbonyl (C=O) groups is 1. The van der Waals surface area contributed by atoms with Crippen LogP contribution in [0.3, 0.4) is 0 Å². The molecule has 0 bridgehead atoms. The minimum Gasteiger partial charge on any atom is -0.394 e. The molecule has 0 radical (unpaired) electrons. The van der Waals surface area contributed by atoms with Crippen molar-refractivity contribution in [3.63, 3.8) is 0 Å². The van der Waals surface area contributed by atoms with Crippen molar-refractivity contribution in [1.82, 2.24) is 5.32 Å². The number of unbranched alkanes of at least 4 members (excludes halogenated alkanes) is 19. The SMILES string of the molecule is CC/C=C\C/C=C\C/C=C\C/C=C\C/C=C\C/C=C\C/C=C\CCCCCCCCCCCCCCCC(=O)NC(CO)C(O)/C=C/CC/C=C/CC/C=C/CCCCCC. The van der Waals surface area contributed by atoms with E-state index in [0.717, 1.165) is 83.5 Å². The Morgan fingerprint density at radius 2 is 0.738 bits per heavy atom. The van der Waals surface area contributed by atoms with Gasteiger partial charge in [-0.15, -0.1) is 0 Å². The van der Waals surface area contributed by atoms with Crippen molar-refractivity contribution in [3.05, 3.63) is 122 Å². The number of hydrogen-bond acceptors (Lipinski definition) is 3. The second-order valence-electron chi connectivity index (χ2n) is 16.5. The second kappa shape index (κ2) is 51.1. The second-order valence-corrected chi connectivity index (χ2v) is 16.5. The third-order valence-electron chi connectivity index (χ3n) is 10.7. The van der Waals surface area contributed by atoms with E-state index in [1.54, 1.807) is 6.08 Å². The Balaban J connectivity index is 3.60. The molecule has 0 heterocycles. The van der Waals surface area contributed by atoms with Gasteiger partial charge in [0.2, 0.25) is 5.91 Å². The Morgan fingerprint density at radius 1 is 0.410 bits per heavy atom. The molecule has 0 aliphatic carbocycles. The molecule has 0 saturated heterocycles. The van der Waals surface area contributed by atoms with Crippen LogP contribution in [0.5, 0.6) is 0 Å². The Morgan fingerprint density at radius 3 is 1.15 bits per heavy atom. The van der Waals surface area contributed by atoms with Gasteiger partial charge in [0.05, 0.1) is 18.8 Å². The van der Waals surface area contributed by atoms with Crippen molar-refractivity contribution < 1.29 is 15.0 Å². The number of hydrogen-bond donors (Lipinski definition) is 3. The Labute approximate surface area is 378 Å². The highest BCUT2D eigenvalue weighted by Crippen LogP contribution is 2.14. The van der Waals surface area contributed by atoms with Crippen molar-refractivity contribution >= 4 is 5.91 Å². The molecule has 346 valence electrons. The summed E-state index contributed by atoms with van der Waals surface area (Å²) in [6.07, 6.45) is 79.0. The molecule has 0 fully saturated rings. The molecular formula is C57H95NO3. The summed E-state index contributed by atoms with van der Waals surface area (Å²) in [6, 6.07) is -0.652. The smallest absolute Gasteiger partial charge is 0.220 e.